The van der Waals surface area contributed by atoms with Gasteiger partial charge in [-0.1, -0.05) is 0 Å². The molecule has 0 amide bonds. The van der Waals surface area contributed by atoms with Crippen LogP contribution in [0.4, 0.5) is 4.39 Å². The van der Waals surface area contributed by atoms with Gasteiger partial charge in [-0.25, -0.2) is 9.37 Å². The number of benzene rings is 1. The van der Waals surface area contributed by atoms with E-state index < -0.39 is 5.97 Å². The van der Waals surface area contributed by atoms with Crippen molar-refractivity contribution in [3.63, 3.8) is 0 Å². The molecule has 1 aromatic carbocycles. The number of halogens is 1. The maximum absolute atomic E-state index is 14.4. The summed E-state index contributed by atoms with van der Waals surface area (Å²) >= 11 is 1.39. The average Bonchev–Trinajstić information content (AvgIpc) is 3.26. The zero-order chi connectivity index (χ0) is 18.3. The molecule has 0 spiro atoms. The molecule has 26 heavy (non-hydrogen) atoms. The van der Waals surface area contributed by atoms with Crippen molar-refractivity contribution in [3.8, 4) is 11.1 Å². The van der Waals surface area contributed by atoms with Crippen LogP contribution in [0.1, 0.15) is 16.8 Å². The second-order valence-electron chi connectivity index (χ2n) is 5.65. The third kappa shape index (κ3) is 3.18. The normalized spacial score (nSPS) is 11.3. The summed E-state index contributed by atoms with van der Waals surface area (Å²) in [6, 6.07) is 3.13. The number of aryl methyl sites for hydroxylation is 1. The van der Waals surface area contributed by atoms with Gasteiger partial charge >= 0.3 is 5.97 Å². The van der Waals surface area contributed by atoms with Crippen LogP contribution in [-0.2, 0) is 24.7 Å². The Bertz CT molecular complexity index is 1120. The van der Waals surface area contributed by atoms with Gasteiger partial charge in [-0.15, -0.1) is 21.5 Å². The first-order valence-corrected chi connectivity index (χ1v) is 8.40. The fraction of sp³-hybridized carbons (Fsp3) is 0.188. The lowest BCUT2D eigenvalue weighted by Crippen LogP contribution is -1.99. The second kappa shape index (κ2) is 6.30. The molecule has 0 saturated heterocycles. The predicted octanol–water partition coefficient (Wildman–Crippen LogP) is 2.44. The monoisotopic (exact) mass is 373 g/mol. The molecule has 0 aliphatic rings. The summed E-state index contributed by atoms with van der Waals surface area (Å²) in [5, 5.41) is 21.0. The van der Waals surface area contributed by atoms with E-state index in [0.29, 0.717) is 21.7 Å². The summed E-state index contributed by atoms with van der Waals surface area (Å²) < 4.78 is 22.1. The van der Waals surface area contributed by atoms with Gasteiger partial charge in [-0.2, -0.15) is 5.10 Å². The molecule has 8 nitrogen and oxygen atoms in total. The quantitative estimate of drug-likeness (QED) is 0.572. The van der Waals surface area contributed by atoms with E-state index >= 15 is 0 Å². The molecule has 0 bridgehead atoms. The molecular formula is C16H12FN5O3S. The Morgan fingerprint density at radius 2 is 2.15 bits per heavy atom. The molecule has 4 rings (SSSR count). The summed E-state index contributed by atoms with van der Waals surface area (Å²) in [5.74, 6) is -1.10. The molecule has 132 valence electrons. The Labute approximate surface area is 149 Å². The van der Waals surface area contributed by atoms with Gasteiger partial charge < -0.3 is 9.52 Å². The summed E-state index contributed by atoms with van der Waals surface area (Å²) in [7, 11) is 1.77. The molecule has 0 radical (unpaired) electrons. The van der Waals surface area contributed by atoms with Gasteiger partial charge in [-0.3, -0.25) is 9.48 Å². The highest BCUT2D eigenvalue weighted by Gasteiger charge is 2.15. The van der Waals surface area contributed by atoms with Crippen molar-refractivity contribution in [1.29, 1.82) is 0 Å². The number of hydrogen-bond donors (Lipinski definition) is 1. The van der Waals surface area contributed by atoms with Gasteiger partial charge in [0.25, 0.3) is 0 Å². The van der Waals surface area contributed by atoms with Crippen molar-refractivity contribution in [2.24, 2.45) is 7.05 Å². The van der Waals surface area contributed by atoms with E-state index in [1.165, 1.54) is 17.4 Å². The van der Waals surface area contributed by atoms with E-state index in [0.717, 1.165) is 4.70 Å². The first-order valence-electron chi connectivity index (χ1n) is 7.59. The summed E-state index contributed by atoms with van der Waals surface area (Å²) in [5.41, 5.74) is 1.69. The number of carbonyl (C=O) groups is 1. The van der Waals surface area contributed by atoms with Gasteiger partial charge in [0.1, 0.15) is 17.2 Å². The molecule has 0 fully saturated rings. The fourth-order valence-corrected chi connectivity index (χ4v) is 3.52. The van der Waals surface area contributed by atoms with Gasteiger partial charge in [0, 0.05) is 30.4 Å². The molecule has 3 aromatic heterocycles. The Morgan fingerprint density at radius 3 is 2.88 bits per heavy atom. The number of fused-ring (bicyclic) bond motifs is 1. The average molecular weight is 373 g/mol. The van der Waals surface area contributed by atoms with Crippen LogP contribution in [0.3, 0.4) is 0 Å². The summed E-state index contributed by atoms with van der Waals surface area (Å²) in [6.07, 6.45) is 3.28. The van der Waals surface area contributed by atoms with E-state index in [9.17, 15) is 9.18 Å². The van der Waals surface area contributed by atoms with Gasteiger partial charge in [-0.05, 0) is 6.07 Å². The first kappa shape index (κ1) is 16.3. The maximum atomic E-state index is 14.4. The largest absolute Gasteiger partial charge is 0.481 e. The Balaban J connectivity index is 1.63. The molecule has 4 aromatic rings. The maximum Gasteiger partial charge on any atom is 0.312 e. The first-order chi connectivity index (χ1) is 12.5. The van der Waals surface area contributed by atoms with E-state index in [2.05, 4.69) is 20.3 Å². The minimum absolute atomic E-state index is 0.0403. The van der Waals surface area contributed by atoms with E-state index in [1.807, 2.05) is 0 Å². The van der Waals surface area contributed by atoms with Crippen molar-refractivity contribution in [2.75, 3.05) is 0 Å². The van der Waals surface area contributed by atoms with Gasteiger partial charge in [0.15, 0.2) is 0 Å². The third-order valence-electron chi connectivity index (χ3n) is 3.65. The van der Waals surface area contributed by atoms with Crippen LogP contribution in [-0.4, -0.2) is 36.0 Å². The zero-order valence-electron chi connectivity index (χ0n) is 13.5. The Kier molecular flexibility index (Phi) is 3.96. The van der Waals surface area contributed by atoms with Crippen LogP contribution in [0.2, 0.25) is 0 Å². The summed E-state index contributed by atoms with van der Waals surface area (Å²) in [4.78, 5) is 15.0. The number of aliphatic carboxylic acids is 1. The van der Waals surface area contributed by atoms with Crippen molar-refractivity contribution in [2.45, 2.75) is 12.8 Å². The molecule has 0 unspecified atom stereocenters. The minimum Gasteiger partial charge on any atom is -0.481 e. The number of hydrogen-bond acceptors (Lipinski definition) is 7. The van der Waals surface area contributed by atoms with Crippen LogP contribution in [0.15, 0.2) is 28.9 Å². The lowest BCUT2D eigenvalue weighted by atomic mass is 10.1. The highest BCUT2D eigenvalue weighted by molar-refractivity contribution is 7.18. The molecule has 0 saturated carbocycles. The molecule has 0 aliphatic carbocycles. The van der Waals surface area contributed by atoms with Crippen molar-refractivity contribution < 1.29 is 18.7 Å². The highest BCUT2D eigenvalue weighted by Crippen LogP contribution is 2.31. The molecule has 0 aliphatic heterocycles. The second-order valence-corrected chi connectivity index (χ2v) is 6.76. The number of nitrogens with zero attached hydrogens (tertiary/aromatic N) is 5. The van der Waals surface area contributed by atoms with Crippen molar-refractivity contribution in [1.82, 2.24) is 25.0 Å². The number of thiazole rings is 1. The predicted molar refractivity (Wildman–Crippen MR) is 90.2 cm³/mol. The van der Waals surface area contributed by atoms with Gasteiger partial charge in [0.2, 0.25) is 11.8 Å². The lowest BCUT2D eigenvalue weighted by molar-refractivity contribution is -0.136. The van der Waals surface area contributed by atoms with E-state index in [4.69, 9.17) is 9.52 Å². The topological polar surface area (TPSA) is 107 Å². The highest BCUT2D eigenvalue weighted by atomic mass is 32.1. The fourth-order valence-electron chi connectivity index (χ4n) is 2.54. The van der Waals surface area contributed by atoms with Gasteiger partial charge in [0.05, 0.1) is 22.8 Å². The lowest BCUT2D eigenvalue weighted by Gasteiger charge is -1.99. The van der Waals surface area contributed by atoms with E-state index in [1.54, 1.807) is 30.2 Å². The number of rotatable bonds is 5. The van der Waals surface area contributed by atoms with E-state index in [-0.39, 0.29) is 30.4 Å². The van der Waals surface area contributed by atoms with Crippen LogP contribution >= 0.6 is 11.3 Å². The SMILES string of the molecule is Cn1cc(-c2cc3sc(Cc4nnc(CC(=O)O)o4)nc3cc2F)cn1. The smallest absolute Gasteiger partial charge is 0.312 e. The van der Waals surface area contributed by atoms with Crippen LogP contribution in [0.5, 0.6) is 0 Å². The Morgan fingerprint density at radius 1 is 1.35 bits per heavy atom. The number of carboxylic acid groups (broad SMARTS) is 1. The Hall–Kier alpha value is -3.14. The third-order valence-corrected chi connectivity index (χ3v) is 4.67. The zero-order valence-corrected chi connectivity index (χ0v) is 14.3. The van der Waals surface area contributed by atoms with Crippen LogP contribution in [0, 0.1) is 5.82 Å². The standard InChI is InChI=1S/C16H12FN5O3S/c1-22-7-8(6-18-22)9-2-12-11(3-10(9)17)19-15(26-12)4-13-20-21-14(25-13)5-16(23)24/h2-3,6-7H,4-5H2,1H3,(H,23,24). The number of aromatic nitrogens is 5. The molecule has 1 N–H and O–H groups in total. The van der Waals surface area contributed by atoms with Crippen molar-refractivity contribution in [3.05, 3.63) is 47.1 Å². The number of carboxylic acids is 1. The van der Waals surface area contributed by atoms with Crippen LogP contribution < -0.4 is 0 Å². The van der Waals surface area contributed by atoms with Crippen molar-refractivity contribution >= 4 is 27.5 Å². The minimum atomic E-state index is -1.04. The van der Waals surface area contributed by atoms with Crippen LogP contribution in [0.25, 0.3) is 21.3 Å². The molecule has 10 heteroatoms. The molecular weight excluding hydrogens is 361 g/mol. The molecule has 3 heterocycles. The summed E-state index contributed by atoms with van der Waals surface area (Å²) in [6.45, 7) is 0. The molecule has 0 atom stereocenters.